The summed E-state index contributed by atoms with van der Waals surface area (Å²) in [5.74, 6) is -1.96. The maximum atomic E-state index is 10.7. The van der Waals surface area contributed by atoms with E-state index in [4.69, 9.17) is 5.73 Å². The SMILES string of the molecule is CC(=NNC(=O)C(N)=O)c1cccs1. The highest BCUT2D eigenvalue weighted by Gasteiger charge is 2.06. The third kappa shape index (κ3) is 2.67. The van der Waals surface area contributed by atoms with Gasteiger partial charge in [-0.1, -0.05) is 6.07 Å². The number of rotatable bonds is 2. The fourth-order valence-electron chi connectivity index (χ4n) is 0.729. The Balaban J connectivity index is 2.62. The molecule has 5 nitrogen and oxygen atoms in total. The number of hydrogen-bond donors (Lipinski definition) is 2. The van der Waals surface area contributed by atoms with Gasteiger partial charge in [-0.3, -0.25) is 9.59 Å². The van der Waals surface area contributed by atoms with E-state index < -0.39 is 11.8 Å². The topological polar surface area (TPSA) is 84.6 Å². The van der Waals surface area contributed by atoms with Crippen LogP contribution in [0.15, 0.2) is 22.6 Å². The third-order valence-corrected chi connectivity index (χ3v) is 2.41. The molecule has 2 amide bonds. The quantitative estimate of drug-likeness (QED) is 0.412. The molecular formula is C8H9N3O2S. The van der Waals surface area contributed by atoms with Gasteiger partial charge in [-0.2, -0.15) is 5.10 Å². The maximum Gasteiger partial charge on any atom is 0.329 e. The first-order valence-electron chi connectivity index (χ1n) is 3.79. The van der Waals surface area contributed by atoms with Crippen molar-refractivity contribution in [2.45, 2.75) is 6.92 Å². The molecule has 0 fully saturated rings. The molecule has 0 saturated carbocycles. The molecule has 1 rings (SSSR count). The summed E-state index contributed by atoms with van der Waals surface area (Å²) in [6.45, 7) is 1.73. The minimum absolute atomic E-state index is 0.634. The Labute approximate surface area is 84.6 Å². The van der Waals surface area contributed by atoms with Crippen LogP contribution in [-0.4, -0.2) is 17.5 Å². The molecule has 14 heavy (non-hydrogen) atoms. The molecule has 3 N–H and O–H groups in total. The Bertz CT molecular complexity index is 370. The number of nitrogens with one attached hydrogen (secondary N) is 1. The first-order valence-corrected chi connectivity index (χ1v) is 4.67. The molecular weight excluding hydrogens is 202 g/mol. The van der Waals surface area contributed by atoms with Gasteiger partial charge in [-0.05, 0) is 18.4 Å². The number of hydrogen-bond acceptors (Lipinski definition) is 4. The summed E-state index contributed by atoms with van der Waals surface area (Å²) in [5.41, 5.74) is 7.41. The van der Waals surface area contributed by atoms with E-state index in [2.05, 4.69) is 10.5 Å². The van der Waals surface area contributed by atoms with E-state index in [0.717, 1.165) is 4.88 Å². The van der Waals surface area contributed by atoms with Crippen LogP contribution in [0.3, 0.4) is 0 Å². The van der Waals surface area contributed by atoms with Crippen LogP contribution in [-0.2, 0) is 9.59 Å². The highest BCUT2D eigenvalue weighted by Crippen LogP contribution is 2.08. The zero-order valence-electron chi connectivity index (χ0n) is 7.48. The number of nitrogens with zero attached hydrogens (tertiary/aromatic N) is 1. The van der Waals surface area contributed by atoms with Gasteiger partial charge >= 0.3 is 11.8 Å². The first-order chi connectivity index (χ1) is 6.61. The van der Waals surface area contributed by atoms with Crippen LogP contribution in [0.2, 0.25) is 0 Å². The third-order valence-electron chi connectivity index (χ3n) is 1.43. The number of amides is 2. The molecule has 1 aromatic heterocycles. The van der Waals surface area contributed by atoms with E-state index >= 15 is 0 Å². The molecule has 0 unspecified atom stereocenters. The Morgan fingerprint density at radius 3 is 2.79 bits per heavy atom. The predicted molar refractivity (Wildman–Crippen MR) is 53.9 cm³/mol. The fourth-order valence-corrected chi connectivity index (χ4v) is 1.41. The van der Waals surface area contributed by atoms with Crippen molar-refractivity contribution in [3.05, 3.63) is 22.4 Å². The van der Waals surface area contributed by atoms with E-state index in [9.17, 15) is 9.59 Å². The normalized spacial score (nSPS) is 11.1. The molecule has 0 aliphatic rings. The smallest absolute Gasteiger partial charge is 0.329 e. The summed E-state index contributed by atoms with van der Waals surface area (Å²) >= 11 is 1.49. The Morgan fingerprint density at radius 2 is 2.29 bits per heavy atom. The lowest BCUT2D eigenvalue weighted by Gasteiger charge is -1.96. The summed E-state index contributed by atoms with van der Waals surface area (Å²) in [6.07, 6.45) is 0. The lowest BCUT2D eigenvalue weighted by molar-refractivity contribution is -0.137. The number of hydrazone groups is 1. The van der Waals surface area contributed by atoms with E-state index in [-0.39, 0.29) is 0 Å². The van der Waals surface area contributed by atoms with Gasteiger partial charge in [-0.15, -0.1) is 11.3 Å². The Hall–Kier alpha value is -1.69. The summed E-state index contributed by atoms with van der Waals surface area (Å²) < 4.78 is 0. The highest BCUT2D eigenvalue weighted by atomic mass is 32.1. The lowest BCUT2D eigenvalue weighted by atomic mass is 10.3. The van der Waals surface area contributed by atoms with Gasteiger partial charge in [0.05, 0.1) is 5.71 Å². The number of carbonyl (C=O) groups excluding carboxylic acids is 2. The zero-order valence-corrected chi connectivity index (χ0v) is 8.30. The number of thiophene rings is 1. The van der Waals surface area contributed by atoms with E-state index in [1.54, 1.807) is 6.92 Å². The molecule has 74 valence electrons. The van der Waals surface area contributed by atoms with Crippen molar-refractivity contribution in [3.63, 3.8) is 0 Å². The van der Waals surface area contributed by atoms with Gasteiger partial charge in [0.25, 0.3) is 0 Å². The van der Waals surface area contributed by atoms with E-state index in [1.165, 1.54) is 11.3 Å². The first kappa shape index (κ1) is 10.4. The monoisotopic (exact) mass is 211 g/mol. The Morgan fingerprint density at radius 1 is 1.57 bits per heavy atom. The second kappa shape index (κ2) is 4.52. The molecule has 1 aromatic rings. The van der Waals surface area contributed by atoms with Gasteiger partial charge in [-0.25, -0.2) is 5.43 Å². The molecule has 0 atom stereocenters. The van der Waals surface area contributed by atoms with Gasteiger partial charge in [0.15, 0.2) is 0 Å². The second-order valence-corrected chi connectivity index (χ2v) is 3.43. The molecule has 0 spiro atoms. The number of primary amides is 1. The van der Waals surface area contributed by atoms with Gasteiger partial charge in [0.2, 0.25) is 0 Å². The highest BCUT2D eigenvalue weighted by molar-refractivity contribution is 7.12. The molecule has 6 heteroatoms. The van der Waals surface area contributed by atoms with Crippen molar-refractivity contribution in [1.82, 2.24) is 5.43 Å². The van der Waals surface area contributed by atoms with Crippen molar-refractivity contribution < 1.29 is 9.59 Å². The zero-order chi connectivity index (χ0) is 10.6. The minimum Gasteiger partial charge on any atom is -0.361 e. The average molecular weight is 211 g/mol. The largest absolute Gasteiger partial charge is 0.361 e. The molecule has 0 aromatic carbocycles. The molecule has 0 aliphatic carbocycles. The van der Waals surface area contributed by atoms with Crippen LogP contribution in [0.25, 0.3) is 0 Å². The van der Waals surface area contributed by atoms with Gasteiger partial charge < -0.3 is 5.73 Å². The predicted octanol–water partition coefficient (Wildman–Crippen LogP) is 0.0736. The Kier molecular flexibility index (Phi) is 3.35. The summed E-state index contributed by atoms with van der Waals surface area (Å²) in [7, 11) is 0. The van der Waals surface area contributed by atoms with Crippen LogP contribution < -0.4 is 11.2 Å². The number of nitrogens with two attached hydrogens (primary N) is 1. The molecule has 0 saturated heterocycles. The van der Waals surface area contributed by atoms with Crippen molar-refractivity contribution in [3.8, 4) is 0 Å². The summed E-state index contributed by atoms with van der Waals surface area (Å²) in [6, 6.07) is 3.73. The van der Waals surface area contributed by atoms with Crippen LogP contribution in [0.4, 0.5) is 0 Å². The second-order valence-electron chi connectivity index (χ2n) is 2.48. The fraction of sp³-hybridized carbons (Fsp3) is 0.125. The molecule has 0 aliphatic heterocycles. The van der Waals surface area contributed by atoms with E-state index in [0.29, 0.717) is 5.71 Å². The molecule has 0 bridgehead atoms. The van der Waals surface area contributed by atoms with Crippen molar-refractivity contribution in [1.29, 1.82) is 0 Å². The summed E-state index contributed by atoms with van der Waals surface area (Å²) in [5, 5.41) is 5.61. The molecule has 1 heterocycles. The average Bonchev–Trinajstić information content (AvgIpc) is 2.66. The van der Waals surface area contributed by atoms with Gasteiger partial charge in [0.1, 0.15) is 0 Å². The summed E-state index contributed by atoms with van der Waals surface area (Å²) in [4.78, 5) is 22.0. The van der Waals surface area contributed by atoms with Crippen molar-refractivity contribution >= 4 is 28.9 Å². The lowest BCUT2D eigenvalue weighted by Crippen LogP contribution is -2.33. The standard InChI is InChI=1S/C8H9N3O2S/c1-5(6-3-2-4-14-6)10-11-8(13)7(9)12/h2-4H,1H3,(H2,9,12)(H,11,13). The number of carbonyl (C=O) groups is 2. The van der Waals surface area contributed by atoms with Crippen molar-refractivity contribution in [2.75, 3.05) is 0 Å². The van der Waals surface area contributed by atoms with Crippen molar-refractivity contribution in [2.24, 2.45) is 10.8 Å². The van der Waals surface area contributed by atoms with Crippen LogP contribution in [0.1, 0.15) is 11.8 Å². The maximum absolute atomic E-state index is 10.7. The van der Waals surface area contributed by atoms with Crippen LogP contribution in [0.5, 0.6) is 0 Å². The minimum atomic E-state index is -1.05. The van der Waals surface area contributed by atoms with Gasteiger partial charge in [0, 0.05) is 4.88 Å². The van der Waals surface area contributed by atoms with Crippen LogP contribution in [0, 0.1) is 0 Å². The van der Waals surface area contributed by atoms with Crippen LogP contribution >= 0.6 is 11.3 Å². The van der Waals surface area contributed by atoms with E-state index in [1.807, 2.05) is 17.5 Å². The molecule has 0 radical (unpaired) electrons.